The number of halogens is 2. The van der Waals surface area contributed by atoms with Crippen molar-refractivity contribution in [1.29, 1.82) is 0 Å². The van der Waals surface area contributed by atoms with Gasteiger partial charge in [-0.1, -0.05) is 29.3 Å². The molecule has 1 aromatic carbocycles. The Morgan fingerprint density at radius 3 is 2.47 bits per heavy atom. The first-order chi connectivity index (χ1) is 7.16. The van der Waals surface area contributed by atoms with Gasteiger partial charge in [0.25, 0.3) is 0 Å². The van der Waals surface area contributed by atoms with Crippen LogP contribution in [0, 0.1) is 6.92 Å². The zero-order valence-corrected chi connectivity index (χ0v) is 9.55. The summed E-state index contributed by atoms with van der Waals surface area (Å²) in [5.41, 5.74) is 2.86. The number of rotatable bonds is 1. The molecule has 76 valence electrons. The van der Waals surface area contributed by atoms with Crippen molar-refractivity contribution in [1.82, 2.24) is 10.2 Å². The minimum absolute atomic E-state index is 0.387. The van der Waals surface area contributed by atoms with E-state index in [2.05, 4.69) is 10.2 Å². The molecule has 2 aromatic rings. The van der Waals surface area contributed by atoms with Crippen LogP contribution in [0.4, 0.5) is 0 Å². The number of aryl methyl sites for hydroxylation is 1. The summed E-state index contributed by atoms with van der Waals surface area (Å²) in [7, 11) is 0. The maximum absolute atomic E-state index is 5.92. The quantitative estimate of drug-likeness (QED) is 0.757. The molecule has 0 atom stereocenters. The lowest BCUT2D eigenvalue weighted by Crippen LogP contribution is -1.89. The fourth-order valence-electron chi connectivity index (χ4n) is 1.33. The molecule has 2 nitrogen and oxygen atoms in total. The molecule has 0 aliphatic carbocycles. The number of benzene rings is 1. The lowest BCUT2D eigenvalue weighted by atomic mass is 10.1. The second-order valence-electron chi connectivity index (χ2n) is 3.20. The van der Waals surface area contributed by atoms with Crippen molar-refractivity contribution in [2.75, 3.05) is 0 Å². The molecule has 0 saturated carbocycles. The van der Waals surface area contributed by atoms with Crippen LogP contribution in [0.2, 0.25) is 10.2 Å². The third-order valence-corrected chi connectivity index (χ3v) is 2.54. The van der Waals surface area contributed by atoms with Crippen LogP contribution in [-0.4, -0.2) is 10.2 Å². The molecule has 0 bridgehead atoms. The summed E-state index contributed by atoms with van der Waals surface area (Å²) in [6.45, 7) is 2.00. The predicted octanol–water partition coefficient (Wildman–Crippen LogP) is 3.76. The van der Waals surface area contributed by atoms with Crippen LogP contribution in [0.5, 0.6) is 0 Å². The zero-order chi connectivity index (χ0) is 10.8. The van der Waals surface area contributed by atoms with Crippen molar-refractivity contribution in [3.63, 3.8) is 0 Å². The third-order valence-electron chi connectivity index (χ3n) is 2.11. The van der Waals surface area contributed by atoms with E-state index in [4.69, 9.17) is 23.2 Å². The fraction of sp³-hybridized carbons (Fsp3) is 0.0909. The Bertz CT molecular complexity index is 480. The topological polar surface area (TPSA) is 25.8 Å². The third kappa shape index (κ3) is 2.28. The minimum atomic E-state index is 0.387. The Kier molecular flexibility index (Phi) is 2.89. The van der Waals surface area contributed by atoms with Gasteiger partial charge in [0.2, 0.25) is 0 Å². The van der Waals surface area contributed by atoms with Crippen molar-refractivity contribution >= 4 is 23.2 Å². The molecule has 0 N–H and O–H groups in total. The van der Waals surface area contributed by atoms with Gasteiger partial charge in [-0.25, -0.2) is 0 Å². The van der Waals surface area contributed by atoms with E-state index in [0.717, 1.165) is 16.8 Å². The average Bonchev–Trinajstić information content (AvgIpc) is 2.23. The monoisotopic (exact) mass is 238 g/mol. The number of hydrogen-bond donors (Lipinski definition) is 0. The number of nitrogens with zero attached hydrogens (tertiary/aromatic N) is 2. The molecular formula is C11H8Cl2N2. The van der Waals surface area contributed by atoms with Crippen LogP contribution in [0.1, 0.15) is 5.56 Å². The summed E-state index contributed by atoms with van der Waals surface area (Å²) in [5.74, 6) is 0. The highest BCUT2D eigenvalue weighted by Crippen LogP contribution is 2.24. The van der Waals surface area contributed by atoms with E-state index in [9.17, 15) is 0 Å². The van der Waals surface area contributed by atoms with Gasteiger partial charge in [0.15, 0.2) is 5.15 Å². The molecule has 0 saturated heterocycles. The van der Waals surface area contributed by atoms with Gasteiger partial charge in [-0.15, -0.1) is 10.2 Å². The van der Waals surface area contributed by atoms with Crippen molar-refractivity contribution in [2.45, 2.75) is 6.92 Å². The van der Waals surface area contributed by atoms with Gasteiger partial charge in [-0.05, 0) is 36.8 Å². The smallest absolute Gasteiger partial charge is 0.149 e. The van der Waals surface area contributed by atoms with Crippen molar-refractivity contribution in [3.05, 3.63) is 46.1 Å². The van der Waals surface area contributed by atoms with E-state index in [-0.39, 0.29) is 0 Å². The second-order valence-corrected chi connectivity index (χ2v) is 4.02. The van der Waals surface area contributed by atoms with E-state index >= 15 is 0 Å². The van der Waals surface area contributed by atoms with Gasteiger partial charge in [0.1, 0.15) is 0 Å². The first-order valence-corrected chi connectivity index (χ1v) is 5.18. The van der Waals surface area contributed by atoms with Gasteiger partial charge < -0.3 is 0 Å². The standard InChI is InChI=1S/C11H8Cl2N2/c1-7-2-3-8(12)6-9(7)10-4-5-11(13)15-14-10/h2-6H,1H3. The molecular weight excluding hydrogens is 231 g/mol. The summed E-state index contributed by atoms with van der Waals surface area (Å²) in [5, 5.41) is 8.88. The fourth-order valence-corrected chi connectivity index (χ4v) is 1.60. The maximum atomic E-state index is 5.92. The average molecular weight is 239 g/mol. The Balaban J connectivity index is 2.53. The molecule has 0 aliphatic heterocycles. The summed E-state index contributed by atoms with van der Waals surface area (Å²) < 4.78 is 0. The van der Waals surface area contributed by atoms with Gasteiger partial charge in [0.05, 0.1) is 5.69 Å². The molecule has 0 spiro atoms. The Morgan fingerprint density at radius 1 is 1.00 bits per heavy atom. The molecule has 4 heteroatoms. The number of hydrogen-bond acceptors (Lipinski definition) is 2. The molecule has 0 unspecified atom stereocenters. The first kappa shape index (κ1) is 10.4. The summed E-state index contributed by atoms with van der Waals surface area (Å²) in [4.78, 5) is 0. The van der Waals surface area contributed by atoms with E-state index < -0.39 is 0 Å². The van der Waals surface area contributed by atoms with Crippen LogP contribution in [0.3, 0.4) is 0 Å². The van der Waals surface area contributed by atoms with Crippen molar-refractivity contribution in [3.8, 4) is 11.3 Å². The predicted molar refractivity (Wildman–Crippen MR) is 62.2 cm³/mol. The molecule has 0 aliphatic rings. The van der Waals surface area contributed by atoms with Gasteiger partial charge >= 0.3 is 0 Å². The maximum Gasteiger partial charge on any atom is 0.151 e. The normalized spacial score (nSPS) is 10.3. The van der Waals surface area contributed by atoms with E-state index in [0.29, 0.717) is 10.2 Å². The number of aromatic nitrogens is 2. The van der Waals surface area contributed by atoms with Crippen LogP contribution in [0.15, 0.2) is 30.3 Å². The van der Waals surface area contributed by atoms with Gasteiger partial charge in [0, 0.05) is 10.6 Å². The highest BCUT2D eigenvalue weighted by molar-refractivity contribution is 6.31. The van der Waals surface area contributed by atoms with Crippen LogP contribution in [-0.2, 0) is 0 Å². The second kappa shape index (κ2) is 4.17. The van der Waals surface area contributed by atoms with Crippen LogP contribution < -0.4 is 0 Å². The largest absolute Gasteiger partial charge is 0.151 e. The van der Waals surface area contributed by atoms with Crippen molar-refractivity contribution in [2.24, 2.45) is 0 Å². The Hall–Kier alpha value is -1.12. The summed E-state index contributed by atoms with van der Waals surface area (Å²) in [6.07, 6.45) is 0. The summed E-state index contributed by atoms with van der Waals surface area (Å²) >= 11 is 11.6. The highest BCUT2D eigenvalue weighted by Gasteiger charge is 2.04. The van der Waals surface area contributed by atoms with Crippen molar-refractivity contribution < 1.29 is 0 Å². The van der Waals surface area contributed by atoms with Crippen LogP contribution in [0.25, 0.3) is 11.3 Å². The minimum Gasteiger partial charge on any atom is -0.149 e. The Labute approximate surface area is 97.9 Å². The molecule has 0 radical (unpaired) electrons. The molecule has 0 fully saturated rings. The van der Waals surface area contributed by atoms with E-state index in [1.165, 1.54) is 0 Å². The van der Waals surface area contributed by atoms with Gasteiger partial charge in [-0.3, -0.25) is 0 Å². The highest BCUT2D eigenvalue weighted by atomic mass is 35.5. The lowest BCUT2D eigenvalue weighted by Gasteiger charge is -2.04. The van der Waals surface area contributed by atoms with E-state index in [1.54, 1.807) is 6.07 Å². The molecule has 0 amide bonds. The molecule has 1 aromatic heterocycles. The SMILES string of the molecule is Cc1ccc(Cl)cc1-c1ccc(Cl)nn1. The van der Waals surface area contributed by atoms with Gasteiger partial charge in [-0.2, -0.15) is 0 Å². The zero-order valence-electron chi connectivity index (χ0n) is 8.04. The molecule has 1 heterocycles. The lowest BCUT2D eigenvalue weighted by molar-refractivity contribution is 1.04. The Morgan fingerprint density at radius 2 is 1.80 bits per heavy atom. The van der Waals surface area contributed by atoms with E-state index in [1.807, 2.05) is 31.2 Å². The molecule has 2 rings (SSSR count). The summed E-state index contributed by atoms with van der Waals surface area (Å²) in [6, 6.07) is 9.21. The van der Waals surface area contributed by atoms with Crippen LogP contribution >= 0.6 is 23.2 Å². The first-order valence-electron chi connectivity index (χ1n) is 4.42. The molecule has 15 heavy (non-hydrogen) atoms.